The van der Waals surface area contributed by atoms with Crippen molar-refractivity contribution in [3.63, 3.8) is 0 Å². The molecule has 22 heavy (non-hydrogen) atoms. The number of benzene rings is 1. The van der Waals surface area contributed by atoms with Crippen LogP contribution in [0.1, 0.15) is 38.3 Å². The van der Waals surface area contributed by atoms with Crippen molar-refractivity contribution in [2.24, 2.45) is 0 Å². The van der Waals surface area contributed by atoms with Crippen molar-refractivity contribution < 1.29 is 14.3 Å². The molecule has 0 aliphatic carbocycles. The summed E-state index contributed by atoms with van der Waals surface area (Å²) in [5.41, 5.74) is 2.11. The number of anilines is 1. The summed E-state index contributed by atoms with van der Waals surface area (Å²) in [6.45, 7) is 10.2. The molecule has 0 saturated carbocycles. The minimum Gasteiger partial charge on any atom is -0.476 e. The van der Waals surface area contributed by atoms with Crippen molar-refractivity contribution in [1.29, 1.82) is 0 Å². The molecule has 0 fully saturated rings. The van der Waals surface area contributed by atoms with E-state index in [1.807, 2.05) is 26.0 Å². The van der Waals surface area contributed by atoms with Crippen LogP contribution in [0.3, 0.4) is 0 Å². The van der Waals surface area contributed by atoms with E-state index >= 15 is 0 Å². The summed E-state index contributed by atoms with van der Waals surface area (Å²) in [6.07, 6.45) is 0.442. The molecule has 1 heterocycles. The van der Waals surface area contributed by atoms with Crippen LogP contribution in [0.25, 0.3) is 0 Å². The Morgan fingerprint density at radius 2 is 1.91 bits per heavy atom. The fraction of sp³-hybridized carbons (Fsp3) is 0.529. The lowest BCUT2D eigenvalue weighted by Gasteiger charge is -2.39. The van der Waals surface area contributed by atoms with Gasteiger partial charge in [-0.3, -0.25) is 9.59 Å². The number of rotatable bonds is 4. The van der Waals surface area contributed by atoms with Crippen LogP contribution >= 0.6 is 0 Å². The lowest BCUT2D eigenvalue weighted by atomic mass is 10.0. The first-order chi connectivity index (χ1) is 10.3. The van der Waals surface area contributed by atoms with Crippen LogP contribution in [0.15, 0.2) is 12.1 Å². The van der Waals surface area contributed by atoms with Gasteiger partial charge in [-0.15, -0.1) is 0 Å². The topological polar surface area (TPSA) is 58.6 Å². The molecule has 0 saturated heterocycles. The number of fused-ring (bicyclic) bond motifs is 1. The highest BCUT2D eigenvalue weighted by molar-refractivity contribution is 6.02. The summed E-state index contributed by atoms with van der Waals surface area (Å²) < 4.78 is 5.87. The molecule has 0 atom stereocenters. The Kier molecular flexibility index (Phi) is 4.44. The summed E-state index contributed by atoms with van der Waals surface area (Å²) in [7, 11) is 0. The summed E-state index contributed by atoms with van der Waals surface area (Å²) >= 11 is 0. The third-order valence-electron chi connectivity index (χ3n) is 3.97. The van der Waals surface area contributed by atoms with Crippen molar-refractivity contribution >= 4 is 17.5 Å². The fourth-order valence-electron chi connectivity index (χ4n) is 2.47. The highest BCUT2D eigenvalue weighted by Gasteiger charge is 2.40. The average Bonchev–Trinajstić information content (AvgIpc) is 2.45. The second-order valence-corrected chi connectivity index (χ2v) is 6.18. The van der Waals surface area contributed by atoms with E-state index in [4.69, 9.17) is 4.74 Å². The summed E-state index contributed by atoms with van der Waals surface area (Å²) in [5.74, 6) is 0.615. The predicted molar refractivity (Wildman–Crippen MR) is 86.3 cm³/mol. The van der Waals surface area contributed by atoms with Crippen LogP contribution in [0.5, 0.6) is 5.75 Å². The van der Waals surface area contributed by atoms with Crippen molar-refractivity contribution in [3.8, 4) is 5.75 Å². The minimum atomic E-state index is -0.899. The minimum absolute atomic E-state index is 0.0136. The van der Waals surface area contributed by atoms with Gasteiger partial charge in [-0.25, -0.2) is 0 Å². The summed E-state index contributed by atoms with van der Waals surface area (Å²) in [6, 6.07) is 3.94. The van der Waals surface area contributed by atoms with Crippen LogP contribution in [0.4, 0.5) is 5.69 Å². The van der Waals surface area contributed by atoms with Crippen LogP contribution in [-0.4, -0.2) is 30.5 Å². The lowest BCUT2D eigenvalue weighted by Crippen LogP contribution is -2.54. The van der Waals surface area contributed by atoms with Gasteiger partial charge < -0.3 is 15.0 Å². The van der Waals surface area contributed by atoms with Gasteiger partial charge in [-0.2, -0.15) is 0 Å². The van der Waals surface area contributed by atoms with E-state index < -0.39 is 5.60 Å². The van der Waals surface area contributed by atoms with Crippen molar-refractivity contribution in [2.75, 3.05) is 18.0 Å². The Labute approximate surface area is 131 Å². The van der Waals surface area contributed by atoms with E-state index in [2.05, 4.69) is 5.32 Å². The maximum absolute atomic E-state index is 12.6. The largest absolute Gasteiger partial charge is 0.476 e. The van der Waals surface area contributed by atoms with Crippen LogP contribution < -0.4 is 15.0 Å². The van der Waals surface area contributed by atoms with E-state index in [0.29, 0.717) is 19.5 Å². The normalized spacial score (nSPS) is 16.0. The van der Waals surface area contributed by atoms with Crippen molar-refractivity contribution in [3.05, 3.63) is 23.3 Å². The number of ether oxygens (including phenoxy) is 1. The van der Waals surface area contributed by atoms with Gasteiger partial charge in [0.2, 0.25) is 5.91 Å². The molecule has 1 N–H and O–H groups in total. The van der Waals surface area contributed by atoms with Crippen LogP contribution in [0.2, 0.25) is 0 Å². The second kappa shape index (κ2) is 5.99. The van der Waals surface area contributed by atoms with Gasteiger partial charge >= 0.3 is 0 Å². The number of hydrogen-bond donors (Lipinski definition) is 1. The molecule has 0 radical (unpaired) electrons. The summed E-state index contributed by atoms with van der Waals surface area (Å²) in [5, 5.41) is 2.81. The van der Waals surface area contributed by atoms with Gasteiger partial charge in [-0.05, 0) is 51.0 Å². The van der Waals surface area contributed by atoms with Gasteiger partial charge in [0.05, 0.1) is 5.69 Å². The summed E-state index contributed by atoms with van der Waals surface area (Å²) in [4.78, 5) is 25.7. The molecular weight excluding hydrogens is 280 g/mol. The molecule has 5 heteroatoms. The van der Waals surface area contributed by atoms with Crippen LogP contribution in [0, 0.1) is 13.8 Å². The molecule has 1 aromatic carbocycles. The number of nitrogens with one attached hydrogen (secondary N) is 1. The molecule has 1 aliphatic rings. The van der Waals surface area contributed by atoms with E-state index in [0.717, 1.165) is 22.6 Å². The molecule has 0 spiro atoms. The standard InChI is InChI=1S/C17H24N2O3/c1-6-15(20)18-7-8-19-13-9-11(2)12(3)10-14(13)22-17(4,5)16(19)21/h9-10H,6-8H2,1-5H3,(H,18,20). The van der Waals surface area contributed by atoms with E-state index in [9.17, 15) is 9.59 Å². The molecule has 0 bridgehead atoms. The van der Waals surface area contributed by atoms with Gasteiger partial charge in [0, 0.05) is 19.5 Å². The SMILES string of the molecule is CCC(=O)NCCN1C(=O)C(C)(C)Oc2cc(C)c(C)cc21. The molecule has 1 aliphatic heterocycles. The molecule has 2 rings (SSSR count). The number of aryl methyl sites for hydroxylation is 2. The highest BCUT2D eigenvalue weighted by Crippen LogP contribution is 2.39. The maximum Gasteiger partial charge on any atom is 0.270 e. The molecule has 5 nitrogen and oxygen atoms in total. The zero-order valence-electron chi connectivity index (χ0n) is 13.9. The predicted octanol–water partition coefficient (Wildman–Crippen LogP) is 2.33. The first kappa shape index (κ1) is 16.3. The molecule has 1 aromatic rings. The zero-order chi connectivity index (χ0) is 16.5. The number of carbonyl (C=O) groups excluding carboxylic acids is 2. The average molecular weight is 304 g/mol. The Morgan fingerprint density at radius 3 is 2.55 bits per heavy atom. The third-order valence-corrected chi connectivity index (χ3v) is 3.97. The van der Waals surface area contributed by atoms with Gasteiger partial charge in [0.25, 0.3) is 5.91 Å². The Balaban J connectivity index is 2.29. The number of nitrogens with zero attached hydrogens (tertiary/aromatic N) is 1. The zero-order valence-corrected chi connectivity index (χ0v) is 13.9. The maximum atomic E-state index is 12.6. The molecule has 0 aromatic heterocycles. The third kappa shape index (κ3) is 3.08. The monoisotopic (exact) mass is 304 g/mol. The van der Waals surface area contributed by atoms with E-state index in [-0.39, 0.29) is 11.8 Å². The second-order valence-electron chi connectivity index (χ2n) is 6.18. The lowest BCUT2D eigenvalue weighted by molar-refractivity contribution is -0.132. The molecule has 0 unspecified atom stereocenters. The molecular formula is C17H24N2O3. The number of carbonyl (C=O) groups is 2. The Morgan fingerprint density at radius 1 is 1.27 bits per heavy atom. The smallest absolute Gasteiger partial charge is 0.270 e. The van der Waals surface area contributed by atoms with E-state index in [1.165, 1.54) is 0 Å². The highest BCUT2D eigenvalue weighted by atomic mass is 16.5. The van der Waals surface area contributed by atoms with Crippen molar-refractivity contribution in [2.45, 2.75) is 46.6 Å². The Bertz CT molecular complexity index is 608. The first-order valence-corrected chi connectivity index (χ1v) is 7.65. The van der Waals surface area contributed by atoms with Gasteiger partial charge in [0.1, 0.15) is 5.75 Å². The first-order valence-electron chi connectivity index (χ1n) is 7.65. The number of hydrogen-bond acceptors (Lipinski definition) is 3. The van der Waals surface area contributed by atoms with E-state index in [1.54, 1.807) is 25.7 Å². The Hall–Kier alpha value is -2.04. The molecule has 120 valence electrons. The number of amides is 2. The molecule has 2 amide bonds. The van der Waals surface area contributed by atoms with Crippen molar-refractivity contribution in [1.82, 2.24) is 5.32 Å². The quantitative estimate of drug-likeness (QED) is 0.929. The fourth-order valence-corrected chi connectivity index (χ4v) is 2.47. The van der Waals surface area contributed by atoms with Gasteiger partial charge in [0.15, 0.2) is 5.60 Å². The van der Waals surface area contributed by atoms with Crippen LogP contribution in [-0.2, 0) is 9.59 Å². The van der Waals surface area contributed by atoms with Gasteiger partial charge in [-0.1, -0.05) is 6.92 Å².